The first kappa shape index (κ1) is 20.1. The van der Waals surface area contributed by atoms with Gasteiger partial charge in [-0.15, -0.1) is 11.8 Å². The van der Waals surface area contributed by atoms with Crippen molar-refractivity contribution in [1.29, 1.82) is 0 Å². The third kappa shape index (κ3) is 5.65. The molecule has 1 amide bonds. The number of pyridine rings is 1. The predicted octanol–water partition coefficient (Wildman–Crippen LogP) is 3.16. The number of carbonyl (C=O) groups is 1. The molecular formula is C20H24N2O3S. The minimum Gasteiger partial charge on any atom is -0.470 e. The average molecular weight is 372 g/mol. The average Bonchev–Trinajstić information content (AvgIpc) is 2.58. The number of nitrogens with one attached hydrogen (secondary N) is 1. The summed E-state index contributed by atoms with van der Waals surface area (Å²) in [7, 11) is 1.58. The molecule has 0 saturated carbocycles. The summed E-state index contributed by atoms with van der Waals surface area (Å²) in [6.45, 7) is 6.00. The third-order valence-electron chi connectivity index (χ3n) is 3.51. The van der Waals surface area contributed by atoms with Crippen LogP contribution in [0.25, 0.3) is 10.9 Å². The largest absolute Gasteiger partial charge is 0.470 e. The zero-order valence-electron chi connectivity index (χ0n) is 15.8. The molecule has 5 nitrogen and oxygen atoms in total. The van der Waals surface area contributed by atoms with Gasteiger partial charge < -0.3 is 14.8 Å². The number of benzene rings is 1. The van der Waals surface area contributed by atoms with E-state index in [2.05, 4.69) is 22.1 Å². The van der Waals surface area contributed by atoms with Crippen molar-refractivity contribution in [2.24, 2.45) is 0 Å². The highest BCUT2D eigenvalue weighted by molar-refractivity contribution is 7.99. The number of hydrogen-bond acceptors (Lipinski definition) is 5. The molecule has 0 aliphatic rings. The lowest BCUT2D eigenvalue weighted by molar-refractivity contribution is -0.125. The molecule has 1 unspecified atom stereocenters. The van der Waals surface area contributed by atoms with Gasteiger partial charge in [-0.1, -0.05) is 11.8 Å². The molecule has 0 aliphatic heterocycles. The molecule has 1 heterocycles. The van der Waals surface area contributed by atoms with E-state index >= 15 is 0 Å². The molecule has 138 valence electrons. The van der Waals surface area contributed by atoms with Crippen molar-refractivity contribution in [3.8, 4) is 17.6 Å². The standard InChI is InChI=1S/C20H24N2O3S/c1-14-11-15-12-16(7-8-17(15)21-13-14)25-19(26-5)18(23)22-20(2,3)9-6-10-24-4/h7-8,11-13,19H,10H2,1-5H3,(H,22,23). The van der Waals surface area contributed by atoms with E-state index in [1.165, 1.54) is 11.8 Å². The molecule has 1 N–H and O–H groups in total. The van der Waals surface area contributed by atoms with Crippen LogP contribution in [0.3, 0.4) is 0 Å². The molecule has 0 saturated heterocycles. The molecule has 1 atom stereocenters. The first-order valence-electron chi connectivity index (χ1n) is 8.21. The van der Waals surface area contributed by atoms with Crippen LogP contribution in [0.5, 0.6) is 5.75 Å². The van der Waals surface area contributed by atoms with E-state index in [1.807, 2.05) is 57.5 Å². The minimum atomic E-state index is -0.672. The smallest absolute Gasteiger partial charge is 0.272 e. The Hall–Kier alpha value is -2.23. The highest BCUT2D eigenvalue weighted by atomic mass is 32.2. The van der Waals surface area contributed by atoms with Crippen LogP contribution in [-0.2, 0) is 9.53 Å². The fourth-order valence-electron chi connectivity index (χ4n) is 2.35. The number of nitrogens with zero attached hydrogens (tertiary/aromatic N) is 1. The Labute approximate surface area is 158 Å². The number of hydrogen-bond donors (Lipinski definition) is 1. The van der Waals surface area contributed by atoms with Crippen molar-refractivity contribution in [2.45, 2.75) is 31.7 Å². The number of aromatic nitrogens is 1. The summed E-state index contributed by atoms with van der Waals surface area (Å²) in [5, 5.41) is 3.89. The van der Waals surface area contributed by atoms with Crippen LogP contribution in [0, 0.1) is 18.8 Å². The fraction of sp³-hybridized carbons (Fsp3) is 0.400. The molecule has 0 bridgehead atoms. The van der Waals surface area contributed by atoms with Crippen molar-refractivity contribution in [2.75, 3.05) is 20.0 Å². The molecule has 2 aromatic rings. The summed E-state index contributed by atoms with van der Waals surface area (Å²) in [5.41, 5.74) is 0.624. The maximum absolute atomic E-state index is 12.6. The second kappa shape index (κ2) is 8.93. The number of rotatable bonds is 6. The van der Waals surface area contributed by atoms with Crippen LogP contribution in [-0.4, -0.2) is 41.8 Å². The lowest BCUT2D eigenvalue weighted by Gasteiger charge is -2.24. The van der Waals surface area contributed by atoms with Crippen molar-refractivity contribution < 1.29 is 14.3 Å². The van der Waals surface area contributed by atoms with Crippen LogP contribution in [0.15, 0.2) is 30.5 Å². The van der Waals surface area contributed by atoms with Crippen molar-refractivity contribution in [3.63, 3.8) is 0 Å². The van der Waals surface area contributed by atoms with Crippen molar-refractivity contribution in [3.05, 3.63) is 36.0 Å². The zero-order chi connectivity index (χ0) is 19.2. The van der Waals surface area contributed by atoms with Gasteiger partial charge in [0, 0.05) is 18.7 Å². The molecule has 0 spiro atoms. The topological polar surface area (TPSA) is 60.5 Å². The van der Waals surface area contributed by atoms with E-state index in [0.29, 0.717) is 12.4 Å². The van der Waals surface area contributed by atoms with Crippen molar-refractivity contribution >= 4 is 28.6 Å². The normalized spacial score (nSPS) is 12.2. The highest BCUT2D eigenvalue weighted by Crippen LogP contribution is 2.23. The lowest BCUT2D eigenvalue weighted by atomic mass is 10.1. The highest BCUT2D eigenvalue weighted by Gasteiger charge is 2.25. The van der Waals surface area contributed by atoms with Gasteiger partial charge in [-0.3, -0.25) is 9.78 Å². The quantitative estimate of drug-likeness (QED) is 0.623. The summed E-state index contributed by atoms with van der Waals surface area (Å²) in [6, 6.07) is 7.65. The molecule has 1 aromatic heterocycles. The molecule has 0 fully saturated rings. The number of aryl methyl sites for hydroxylation is 1. The van der Waals surface area contributed by atoms with Gasteiger partial charge in [-0.25, -0.2) is 0 Å². The van der Waals surface area contributed by atoms with E-state index in [9.17, 15) is 4.79 Å². The van der Waals surface area contributed by atoms with E-state index in [-0.39, 0.29) is 5.91 Å². The molecular weight excluding hydrogens is 348 g/mol. The maximum atomic E-state index is 12.6. The lowest BCUT2D eigenvalue weighted by Crippen LogP contribution is -2.47. The van der Waals surface area contributed by atoms with Crippen LogP contribution >= 0.6 is 11.8 Å². The van der Waals surface area contributed by atoms with E-state index in [4.69, 9.17) is 9.47 Å². The van der Waals surface area contributed by atoms with E-state index < -0.39 is 11.0 Å². The Bertz CT molecular complexity index is 840. The second-order valence-corrected chi connectivity index (χ2v) is 7.30. The van der Waals surface area contributed by atoms with Gasteiger partial charge in [-0.2, -0.15) is 0 Å². The summed E-state index contributed by atoms with van der Waals surface area (Å²) >= 11 is 1.33. The van der Waals surface area contributed by atoms with E-state index in [1.54, 1.807) is 7.11 Å². The predicted molar refractivity (Wildman–Crippen MR) is 106 cm³/mol. The Morgan fingerprint density at radius 1 is 1.38 bits per heavy atom. The number of ether oxygens (including phenoxy) is 2. The summed E-state index contributed by atoms with van der Waals surface area (Å²) in [4.78, 5) is 17.0. The number of fused-ring (bicyclic) bond motifs is 1. The Morgan fingerprint density at radius 3 is 2.85 bits per heavy atom. The fourth-order valence-corrected chi connectivity index (χ4v) is 2.83. The molecule has 2 rings (SSSR count). The summed E-state index contributed by atoms with van der Waals surface area (Å²) in [5.74, 6) is 6.26. The summed E-state index contributed by atoms with van der Waals surface area (Å²) < 4.78 is 10.8. The van der Waals surface area contributed by atoms with Gasteiger partial charge in [0.1, 0.15) is 12.4 Å². The zero-order valence-corrected chi connectivity index (χ0v) is 16.6. The molecule has 6 heteroatoms. The third-order valence-corrected chi connectivity index (χ3v) is 4.25. The number of carbonyl (C=O) groups excluding carboxylic acids is 1. The SMILES string of the molecule is COCC#CC(C)(C)NC(=O)C(Oc1ccc2ncc(C)cc2c1)SC. The Kier molecular flexibility index (Phi) is 6.90. The second-order valence-electron chi connectivity index (χ2n) is 6.40. The van der Waals surface area contributed by atoms with Gasteiger partial charge >= 0.3 is 0 Å². The van der Waals surface area contributed by atoms with Gasteiger partial charge in [0.05, 0.1) is 11.1 Å². The Morgan fingerprint density at radius 2 is 2.15 bits per heavy atom. The minimum absolute atomic E-state index is 0.225. The maximum Gasteiger partial charge on any atom is 0.272 e. The van der Waals surface area contributed by atoms with Crippen LogP contribution in [0.4, 0.5) is 0 Å². The number of methoxy groups -OCH3 is 1. The van der Waals surface area contributed by atoms with Crippen LogP contribution in [0.1, 0.15) is 19.4 Å². The molecule has 0 aliphatic carbocycles. The molecule has 1 aromatic carbocycles. The molecule has 0 radical (unpaired) electrons. The molecule has 26 heavy (non-hydrogen) atoms. The Balaban J connectivity index is 2.11. The van der Waals surface area contributed by atoms with Crippen LogP contribution in [0.2, 0.25) is 0 Å². The first-order valence-corrected chi connectivity index (χ1v) is 9.50. The van der Waals surface area contributed by atoms with Gasteiger partial charge in [-0.05, 0) is 56.9 Å². The van der Waals surface area contributed by atoms with Gasteiger partial charge in [0.2, 0.25) is 5.44 Å². The monoisotopic (exact) mass is 372 g/mol. The van der Waals surface area contributed by atoms with E-state index in [0.717, 1.165) is 16.5 Å². The van der Waals surface area contributed by atoms with Gasteiger partial charge in [0.25, 0.3) is 5.91 Å². The number of thioether (sulfide) groups is 1. The van der Waals surface area contributed by atoms with Gasteiger partial charge in [0.15, 0.2) is 0 Å². The number of amides is 1. The van der Waals surface area contributed by atoms with Crippen molar-refractivity contribution in [1.82, 2.24) is 10.3 Å². The first-order chi connectivity index (χ1) is 12.3. The van der Waals surface area contributed by atoms with Crippen LogP contribution < -0.4 is 10.1 Å². The summed E-state index contributed by atoms with van der Waals surface area (Å²) in [6.07, 6.45) is 3.66.